The van der Waals surface area contributed by atoms with Crippen molar-refractivity contribution in [3.63, 3.8) is 0 Å². The van der Waals surface area contributed by atoms with Crippen LogP contribution in [-0.2, 0) is 24.5 Å². The first-order valence-electron chi connectivity index (χ1n) is 7.33. The molecule has 5 N–H and O–H groups in total. The van der Waals surface area contributed by atoms with Crippen molar-refractivity contribution in [2.75, 3.05) is 17.7 Å². The van der Waals surface area contributed by atoms with E-state index in [1.165, 1.54) is 6.33 Å². The molecule has 0 aliphatic heterocycles. The maximum absolute atomic E-state index is 11.5. The number of fused-ring (bicyclic) bond motifs is 1. The predicted molar refractivity (Wildman–Crippen MR) is 98.2 cm³/mol. The van der Waals surface area contributed by atoms with Crippen LogP contribution >= 0.6 is 0 Å². The van der Waals surface area contributed by atoms with Gasteiger partial charge in [-0.3, -0.25) is 14.6 Å². The maximum atomic E-state index is 11.5. The zero-order valence-electron chi connectivity index (χ0n) is 14.3. The number of sulfone groups is 2. The number of nitrogens with zero attached hydrogens (tertiary/aromatic N) is 2. The Hall–Kier alpha value is -3.26. The average Bonchev–Trinajstić information content (AvgIpc) is 3.02. The number of aliphatic carboxylic acids is 1. The molecule has 0 spiro atoms. The fourth-order valence-electron chi connectivity index (χ4n) is 2.00. The van der Waals surface area contributed by atoms with Crippen molar-refractivity contribution in [1.82, 2.24) is 19.9 Å². The molecule has 0 atom stereocenters. The lowest BCUT2D eigenvalue weighted by Gasteiger charge is -2.02. The molecule has 28 heavy (non-hydrogen) atoms. The van der Waals surface area contributed by atoms with Crippen LogP contribution in [0.25, 0.3) is 11.2 Å². The van der Waals surface area contributed by atoms with Crippen molar-refractivity contribution >= 4 is 42.8 Å². The molecule has 0 aliphatic rings. The molecule has 0 amide bonds. The van der Waals surface area contributed by atoms with Gasteiger partial charge in [-0.25, -0.2) is 21.8 Å². The van der Waals surface area contributed by atoms with Gasteiger partial charge in [0.15, 0.2) is 36.6 Å². The summed E-state index contributed by atoms with van der Waals surface area (Å²) in [6.45, 7) is 0. The molecule has 2 heterocycles. The number of rotatable bonds is 4. The number of hydrogen-bond donors (Lipinski definition) is 4. The summed E-state index contributed by atoms with van der Waals surface area (Å²) < 4.78 is 45.2. The highest BCUT2D eigenvalue weighted by atomic mass is 32.2. The van der Waals surface area contributed by atoms with Gasteiger partial charge in [-0.15, -0.1) is 0 Å². The van der Waals surface area contributed by atoms with Crippen molar-refractivity contribution < 1.29 is 26.7 Å². The molecule has 0 fully saturated rings. The van der Waals surface area contributed by atoms with Crippen LogP contribution in [0, 0.1) is 0 Å². The molecular formula is C14H15N5O7S2. The Kier molecular flexibility index (Phi) is 5.84. The minimum atomic E-state index is -3.92. The summed E-state index contributed by atoms with van der Waals surface area (Å²) >= 11 is 0. The molecule has 0 aliphatic carbocycles. The second-order valence-electron chi connectivity index (χ2n) is 5.45. The lowest BCUT2D eigenvalue weighted by molar-refractivity contribution is -0.134. The van der Waals surface area contributed by atoms with Crippen molar-refractivity contribution in [2.45, 2.75) is 9.79 Å². The van der Waals surface area contributed by atoms with Crippen molar-refractivity contribution in [1.29, 1.82) is 0 Å². The number of nitrogens with one attached hydrogen (secondary N) is 2. The number of nitrogen functional groups attached to an aromatic ring is 1. The monoisotopic (exact) mass is 429 g/mol. The Labute approximate surface area is 158 Å². The number of nitrogens with two attached hydrogens (primary N) is 1. The van der Waals surface area contributed by atoms with E-state index in [0.717, 1.165) is 30.5 Å². The van der Waals surface area contributed by atoms with Crippen molar-refractivity contribution in [3.8, 4) is 0 Å². The van der Waals surface area contributed by atoms with E-state index >= 15 is 0 Å². The van der Waals surface area contributed by atoms with Crippen LogP contribution in [0.1, 0.15) is 0 Å². The van der Waals surface area contributed by atoms with Gasteiger partial charge in [0.05, 0.1) is 16.1 Å². The minimum Gasteiger partial charge on any atom is -0.480 e. The third kappa shape index (κ3) is 5.14. The van der Waals surface area contributed by atoms with Crippen molar-refractivity contribution in [3.05, 3.63) is 40.9 Å². The molecule has 0 saturated heterocycles. The van der Waals surface area contributed by atoms with Gasteiger partial charge in [-0.1, -0.05) is 0 Å². The first-order valence-corrected chi connectivity index (χ1v) is 10.9. The van der Waals surface area contributed by atoms with Crippen LogP contribution in [0.3, 0.4) is 0 Å². The van der Waals surface area contributed by atoms with Gasteiger partial charge in [0, 0.05) is 6.26 Å². The summed E-state index contributed by atoms with van der Waals surface area (Å²) in [6.07, 6.45) is 2.39. The van der Waals surface area contributed by atoms with Crippen LogP contribution in [0.15, 0.2) is 45.2 Å². The van der Waals surface area contributed by atoms with Crippen LogP contribution in [0.2, 0.25) is 0 Å². The number of imidazole rings is 1. The smallest absolute Gasteiger partial charge is 0.319 e. The van der Waals surface area contributed by atoms with E-state index in [4.69, 9.17) is 10.8 Å². The highest BCUT2D eigenvalue weighted by Crippen LogP contribution is 2.15. The summed E-state index contributed by atoms with van der Waals surface area (Å²) in [5.41, 5.74) is 5.63. The fraction of sp³-hybridized carbons (Fsp3) is 0.143. The number of benzene rings is 1. The molecule has 2 aromatic heterocycles. The van der Waals surface area contributed by atoms with Crippen LogP contribution in [-0.4, -0.2) is 59.9 Å². The average molecular weight is 429 g/mol. The van der Waals surface area contributed by atoms with Gasteiger partial charge in [-0.2, -0.15) is 4.98 Å². The van der Waals surface area contributed by atoms with Crippen molar-refractivity contribution in [2.24, 2.45) is 0 Å². The molecule has 3 aromatic rings. The largest absolute Gasteiger partial charge is 0.480 e. The SMILES string of the molecule is CS(=O)(=O)c1ccc(S(=O)(=O)CC(=O)O)cc1.Nc1nc2[nH]cnc2c(=O)[nH]1. The van der Waals surface area contributed by atoms with E-state index in [9.17, 15) is 26.4 Å². The van der Waals surface area contributed by atoms with Gasteiger partial charge < -0.3 is 15.8 Å². The summed E-state index contributed by atoms with van der Waals surface area (Å²) in [4.78, 5) is 33.7. The molecule has 3 rings (SSSR count). The van der Waals surface area contributed by atoms with Crippen LogP contribution < -0.4 is 11.3 Å². The second kappa shape index (κ2) is 7.77. The molecule has 0 bridgehead atoms. The molecule has 0 unspecified atom stereocenters. The zero-order valence-corrected chi connectivity index (χ0v) is 15.9. The van der Waals surface area contributed by atoms with E-state index in [1.54, 1.807) is 0 Å². The number of carboxylic acid groups (broad SMARTS) is 1. The molecule has 150 valence electrons. The Bertz CT molecular complexity index is 1280. The van der Waals surface area contributed by atoms with Gasteiger partial charge >= 0.3 is 5.97 Å². The first kappa shape index (κ1) is 21.0. The van der Waals surface area contributed by atoms with Gasteiger partial charge in [0.2, 0.25) is 5.95 Å². The quantitative estimate of drug-likeness (QED) is 0.405. The van der Waals surface area contributed by atoms with Gasteiger partial charge in [-0.05, 0) is 24.3 Å². The van der Waals surface area contributed by atoms with E-state index in [0.29, 0.717) is 5.65 Å². The predicted octanol–water partition coefficient (Wildman–Crippen LogP) is -0.823. The lowest BCUT2D eigenvalue weighted by atomic mass is 10.4. The lowest BCUT2D eigenvalue weighted by Crippen LogP contribution is -2.15. The number of H-pyrrole nitrogens is 2. The molecule has 0 radical (unpaired) electrons. The number of carbonyl (C=O) groups is 1. The Balaban J connectivity index is 0.000000218. The van der Waals surface area contributed by atoms with E-state index < -0.39 is 31.4 Å². The Morgan fingerprint density at radius 2 is 1.71 bits per heavy atom. The highest BCUT2D eigenvalue weighted by molar-refractivity contribution is 7.92. The summed E-state index contributed by atoms with van der Waals surface area (Å²) in [6, 6.07) is 4.41. The number of aromatic amines is 2. The van der Waals surface area contributed by atoms with E-state index in [2.05, 4.69) is 19.9 Å². The van der Waals surface area contributed by atoms with E-state index in [1.807, 2.05) is 0 Å². The summed E-state index contributed by atoms with van der Waals surface area (Å²) in [5.74, 6) is -2.39. The number of aromatic nitrogens is 4. The van der Waals surface area contributed by atoms with Gasteiger partial charge in [0.25, 0.3) is 5.56 Å². The van der Waals surface area contributed by atoms with Gasteiger partial charge in [0.1, 0.15) is 0 Å². The normalized spacial score (nSPS) is 11.6. The third-order valence-electron chi connectivity index (χ3n) is 3.23. The fourth-order valence-corrected chi connectivity index (χ4v) is 3.68. The minimum absolute atomic E-state index is 0.0215. The first-order chi connectivity index (χ1) is 12.9. The molecule has 14 heteroatoms. The Morgan fingerprint density at radius 1 is 1.14 bits per heavy atom. The zero-order chi connectivity index (χ0) is 21.1. The molecular weight excluding hydrogens is 414 g/mol. The Morgan fingerprint density at radius 3 is 2.25 bits per heavy atom. The topological polar surface area (TPSA) is 206 Å². The summed E-state index contributed by atoms with van der Waals surface area (Å²) in [7, 11) is -7.32. The standard InChI is InChI=1S/C9H10O6S2.C5H5N5O/c1-16(12,13)7-2-4-8(5-3-7)17(14,15)6-9(10)11;6-5-9-3-2(4(11)10-5)7-1-8-3/h2-5H,6H2,1H3,(H,10,11);1H,(H4,6,7,8,9,10,11). The third-order valence-corrected chi connectivity index (χ3v) is 5.98. The van der Waals surface area contributed by atoms with Crippen LogP contribution in [0.5, 0.6) is 0 Å². The van der Waals surface area contributed by atoms with E-state index in [-0.39, 0.29) is 26.8 Å². The molecule has 12 nitrogen and oxygen atoms in total. The number of carboxylic acids is 1. The van der Waals surface area contributed by atoms with Crippen LogP contribution in [0.4, 0.5) is 5.95 Å². The second-order valence-corrected chi connectivity index (χ2v) is 9.45. The molecule has 0 saturated carbocycles. The molecule has 1 aromatic carbocycles. The number of anilines is 1. The number of hydrogen-bond acceptors (Lipinski definition) is 9. The maximum Gasteiger partial charge on any atom is 0.319 e. The summed E-state index contributed by atoms with van der Waals surface area (Å²) in [5, 5.41) is 8.42. The highest BCUT2D eigenvalue weighted by Gasteiger charge is 2.19.